The van der Waals surface area contributed by atoms with Crippen LogP contribution in [0.15, 0.2) is 30.5 Å². The van der Waals surface area contributed by atoms with E-state index in [9.17, 15) is 0 Å². The molecule has 1 aromatic carbocycles. The summed E-state index contributed by atoms with van der Waals surface area (Å²) < 4.78 is 7.34. The third-order valence-corrected chi connectivity index (χ3v) is 2.35. The van der Waals surface area contributed by atoms with E-state index in [1.165, 1.54) is 0 Å². The fourth-order valence-corrected chi connectivity index (χ4v) is 1.66. The number of benzene rings is 1. The first-order valence-electron chi connectivity index (χ1n) is 4.51. The molecule has 1 aliphatic rings. The number of hydrogen-bond donors (Lipinski definition) is 0. The minimum atomic E-state index is 0.571. The zero-order chi connectivity index (χ0) is 9.38. The lowest BCUT2D eigenvalue weighted by molar-refractivity contribution is 0.107. The summed E-state index contributed by atoms with van der Waals surface area (Å²) in [5.74, 6) is 0. The molecule has 1 aliphatic heterocycles. The number of ether oxygens (including phenoxy) is 1. The summed E-state index contributed by atoms with van der Waals surface area (Å²) in [6, 6.07) is 8.08. The van der Waals surface area contributed by atoms with Crippen molar-refractivity contribution in [1.29, 1.82) is 0 Å². The van der Waals surface area contributed by atoms with Crippen molar-refractivity contribution in [3.63, 3.8) is 0 Å². The molecule has 0 bridgehead atoms. The van der Waals surface area contributed by atoms with Crippen LogP contribution in [0.25, 0.3) is 5.69 Å². The van der Waals surface area contributed by atoms with E-state index in [1.807, 2.05) is 28.9 Å². The minimum absolute atomic E-state index is 0.571. The van der Waals surface area contributed by atoms with Gasteiger partial charge in [0.15, 0.2) is 0 Å². The van der Waals surface area contributed by atoms with Crippen molar-refractivity contribution < 1.29 is 4.74 Å². The van der Waals surface area contributed by atoms with Gasteiger partial charge in [-0.25, -0.2) is 4.68 Å². The standard InChI is InChI=1S/C10H9N3O/c1-2-4-10-8(3-1)6-14-7-9-5-11-12-13(9)10/h1-5H,6-7H2. The molecule has 4 heteroatoms. The first kappa shape index (κ1) is 7.70. The van der Waals surface area contributed by atoms with Crippen LogP contribution in [0, 0.1) is 0 Å². The smallest absolute Gasteiger partial charge is 0.0910 e. The van der Waals surface area contributed by atoms with Crippen molar-refractivity contribution in [3.8, 4) is 5.69 Å². The molecule has 2 aromatic rings. The second-order valence-electron chi connectivity index (χ2n) is 3.26. The highest BCUT2D eigenvalue weighted by Crippen LogP contribution is 2.20. The van der Waals surface area contributed by atoms with Crippen molar-refractivity contribution in [3.05, 3.63) is 41.7 Å². The van der Waals surface area contributed by atoms with Crippen molar-refractivity contribution in [1.82, 2.24) is 15.0 Å². The van der Waals surface area contributed by atoms with Crippen LogP contribution < -0.4 is 0 Å². The summed E-state index contributed by atoms with van der Waals surface area (Å²) >= 11 is 0. The molecule has 0 spiro atoms. The van der Waals surface area contributed by atoms with Gasteiger partial charge in [-0.1, -0.05) is 23.4 Å². The molecule has 4 nitrogen and oxygen atoms in total. The first-order valence-corrected chi connectivity index (χ1v) is 4.51. The molecule has 14 heavy (non-hydrogen) atoms. The number of aromatic nitrogens is 3. The van der Waals surface area contributed by atoms with Crippen LogP contribution >= 0.6 is 0 Å². The molecular weight excluding hydrogens is 178 g/mol. The molecule has 0 amide bonds. The van der Waals surface area contributed by atoms with Crippen molar-refractivity contribution in [2.24, 2.45) is 0 Å². The zero-order valence-corrected chi connectivity index (χ0v) is 7.55. The lowest BCUT2D eigenvalue weighted by Crippen LogP contribution is -2.01. The summed E-state index contributed by atoms with van der Waals surface area (Å²) in [7, 11) is 0. The number of nitrogens with zero attached hydrogens (tertiary/aromatic N) is 3. The Kier molecular flexibility index (Phi) is 1.61. The van der Waals surface area contributed by atoms with Gasteiger partial charge in [0.2, 0.25) is 0 Å². The average molecular weight is 187 g/mol. The van der Waals surface area contributed by atoms with Crippen LogP contribution in [0.5, 0.6) is 0 Å². The van der Waals surface area contributed by atoms with Gasteiger partial charge in [0.25, 0.3) is 0 Å². The molecule has 2 heterocycles. The SMILES string of the molecule is c1ccc2c(c1)COCc1cnnn1-2. The molecule has 0 aliphatic carbocycles. The molecule has 0 saturated heterocycles. The Bertz CT molecular complexity index is 464. The number of fused-ring (bicyclic) bond motifs is 3. The van der Waals surface area contributed by atoms with Crippen LogP contribution in [-0.4, -0.2) is 15.0 Å². The highest BCUT2D eigenvalue weighted by atomic mass is 16.5. The summed E-state index contributed by atoms with van der Waals surface area (Å²) in [6.45, 7) is 1.21. The summed E-state index contributed by atoms with van der Waals surface area (Å²) in [5, 5.41) is 7.92. The summed E-state index contributed by atoms with van der Waals surface area (Å²) in [5.41, 5.74) is 3.21. The lowest BCUT2D eigenvalue weighted by Gasteiger charge is -2.04. The van der Waals surface area contributed by atoms with Gasteiger partial charge in [0, 0.05) is 5.56 Å². The quantitative estimate of drug-likeness (QED) is 0.624. The second-order valence-corrected chi connectivity index (χ2v) is 3.26. The average Bonchev–Trinajstić information content (AvgIpc) is 2.61. The monoisotopic (exact) mass is 187 g/mol. The van der Waals surface area contributed by atoms with Crippen LogP contribution in [0.1, 0.15) is 11.3 Å². The van der Waals surface area contributed by atoms with E-state index >= 15 is 0 Å². The Morgan fingerprint density at radius 1 is 1.21 bits per heavy atom. The number of para-hydroxylation sites is 1. The predicted octanol–water partition coefficient (Wildman–Crippen LogP) is 1.30. The van der Waals surface area contributed by atoms with Gasteiger partial charge in [-0.2, -0.15) is 0 Å². The third kappa shape index (κ3) is 1.04. The number of rotatable bonds is 0. The van der Waals surface area contributed by atoms with E-state index in [1.54, 1.807) is 6.20 Å². The van der Waals surface area contributed by atoms with Crippen LogP contribution in [-0.2, 0) is 18.0 Å². The maximum atomic E-state index is 5.50. The normalized spacial score (nSPS) is 14.3. The van der Waals surface area contributed by atoms with Gasteiger partial charge in [-0.05, 0) is 6.07 Å². The van der Waals surface area contributed by atoms with Gasteiger partial charge >= 0.3 is 0 Å². The van der Waals surface area contributed by atoms with E-state index in [0.717, 1.165) is 16.9 Å². The van der Waals surface area contributed by atoms with Gasteiger partial charge < -0.3 is 4.74 Å². The Labute approximate surface area is 81.1 Å². The molecule has 70 valence electrons. The highest BCUT2D eigenvalue weighted by Gasteiger charge is 2.14. The van der Waals surface area contributed by atoms with Crippen LogP contribution in [0.3, 0.4) is 0 Å². The zero-order valence-electron chi connectivity index (χ0n) is 7.55. The minimum Gasteiger partial charge on any atom is -0.370 e. The second kappa shape index (κ2) is 2.92. The van der Waals surface area contributed by atoms with E-state index in [4.69, 9.17) is 4.74 Å². The topological polar surface area (TPSA) is 39.9 Å². The van der Waals surface area contributed by atoms with Gasteiger partial charge in [-0.15, -0.1) is 5.10 Å². The lowest BCUT2D eigenvalue weighted by atomic mass is 10.2. The highest BCUT2D eigenvalue weighted by molar-refractivity contribution is 5.41. The fourth-order valence-electron chi connectivity index (χ4n) is 1.66. The van der Waals surface area contributed by atoms with Crippen LogP contribution in [0.4, 0.5) is 0 Å². The maximum Gasteiger partial charge on any atom is 0.0910 e. The van der Waals surface area contributed by atoms with Crippen molar-refractivity contribution >= 4 is 0 Å². The predicted molar refractivity (Wildman–Crippen MR) is 49.9 cm³/mol. The summed E-state index contributed by atoms with van der Waals surface area (Å²) in [6.07, 6.45) is 1.74. The van der Waals surface area contributed by atoms with E-state index in [-0.39, 0.29) is 0 Å². The van der Waals surface area contributed by atoms with Crippen molar-refractivity contribution in [2.45, 2.75) is 13.2 Å². The van der Waals surface area contributed by atoms with Gasteiger partial charge in [-0.3, -0.25) is 0 Å². The molecule has 0 radical (unpaired) electrons. The van der Waals surface area contributed by atoms with Crippen molar-refractivity contribution in [2.75, 3.05) is 0 Å². The Morgan fingerprint density at radius 3 is 3.14 bits per heavy atom. The molecule has 1 aromatic heterocycles. The van der Waals surface area contributed by atoms with Crippen LogP contribution in [0.2, 0.25) is 0 Å². The Morgan fingerprint density at radius 2 is 2.14 bits per heavy atom. The molecule has 0 unspecified atom stereocenters. The largest absolute Gasteiger partial charge is 0.370 e. The third-order valence-electron chi connectivity index (χ3n) is 2.35. The molecule has 0 fully saturated rings. The van der Waals surface area contributed by atoms with E-state index in [2.05, 4.69) is 10.3 Å². The molecule has 0 saturated carbocycles. The van der Waals surface area contributed by atoms with Gasteiger partial charge in [0.05, 0.1) is 30.8 Å². The first-order chi connectivity index (χ1) is 6.95. The molecule has 0 N–H and O–H groups in total. The molecular formula is C10H9N3O. The Balaban J connectivity index is 2.27. The number of hydrogen-bond acceptors (Lipinski definition) is 3. The molecule has 0 atom stereocenters. The van der Waals surface area contributed by atoms with Gasteiger partial charge in [0.1, 0.15) is 0 Å². The maximum absolute atomic E-state index is 5.50. The van der Waals surface area contributed by atoms with E-state index in [0.29, 0.717) is 13.2 Å². The van der Waals surface area contributed by atoms with E-state index < -0.39 is 0 Å². The Hall–Kier alpha value is -1.68. The fraction of sp³-hybridized carbons (Fsp3) is 0.200. The summed E-state index contributed by atoms with van der Waals surface area (Å²) in [4.78, 5) is 0. The molecule has 3 rings (SSSR count).